The van der Waals surface area contributed by atoms with Crippen LogP contribution in [0.5, 0.6) is 0 Å². The zero-order chi connectivity index (χ0) is 45.1. The van der Waals surface area contributed by atoms with Crippen molar-refractivity contribution in [2.45, 2.75) is 87.6 Å². The number of aliphatic carboxylic acids is 1. The van der Waals surface area contributed by atoms with E-state index >= 15 is 0 Å². The van der Waals surface area contributed by atoms with Crippen LogP contribution in [0.3, 0.4) is 0 Å². The molecule has 0 amide bonds. The fraction of sp³-hybridized carbons (Fsp3) is 0.400. The molecule has 0 bridgehead atoms. The van der Waals surface area contributed by atoms with Crippen molar-refractivity contribution in [2.75, 3.05) is 33.2 Å². The van der Waals surface area contributed by atoms with Crippen LogP contribution in [-0.2, 0) is 58.7 Å². The summed E-state index contributed by atoms with van der Waals surface area (Å²) in [5.41, 5.74) is 5.52. The van der Waals surface area contributed by atoms with E-state index < -0.39 is 30.1 Å². The van der Waals surface area contributed by atoms with Crippen LogP contribution in [0.1, 0.15) is 65.1 Å². The summed E-state index contributed by atoms with van der Waals surface area (Å²) < 4.78 is 61.1. The number of likely N-dealkylation sites (N-methyl/N-ethyl adjacent to an activating group) is 1. The molecular formula is C45H50F4N6O7S. The molecule has 18 heteroatoms. The Labute approximate surface area is 366 Å². The second-order valence-electron chi connectivity index (χ2n) is 15.5. The van der Waals surface area contributed by atoms with Crippen molar-refractivity contribution in [3.05, 3.63) is 135 Å². The summed E-state index contributed by atoms with van der Waals surface area (Å²) in [4.78, 5) is 46.8. The van der Waals surface area contributed by atoms with Crippen LogP contribution in [0.4, 0.5) is 17.6 Å². The number of thioether (sulfide) groups is 1. The number of benzene rings is 3. The molecular weight excluding hydrogens is 845 g/mol. The van der Waals surface area contributed by atoms with Crippen LogP contribution in [0, 0.1) is 5.82 Å². The number of carboxylic acids is 1. The van der Waals surface area contributed by atoms with Gasteiger partial charge in [0.25, 0.3) is 12.0 Å². The molecule has 7 rings (SSSR count). The van der Waals surface area contributed by atoms with Crippen LogP contribution in [0.2, 0.25) is 0 Å². The molecule has 63 heavy (non-hydrogen) atoms. The number of likely N-dealkylation sites (tertiary alicyclic amines) is 1. The van der Waals surface area contributed by atoms with Gasteiger partial charge in [-0.05, 0) is 98.8 Å². The molecule has 1 aliphatic heterocycles. The summed E-state index contributed by atoms with van der Waals surface area (Å²) in [7, 11) is 2.14. The van der Waals surface area contributed by atoms with Gasteiger partial charge in [0, 0.05) is 49.4 Å². The predicted octanol–water partition coefficient (Wildman–Crippen LogP) is 5.98. The molecule has 2 unspecified atom stereocenters. The van der Waals surface area contributed by atoms with Crippen molar-refractivity contribution in [3.63, 3.8) is 0 Å². The number of aliphatic hydroxyl groups is 2. The summed E-state index contributed by atoms with van der Waals surface area (Å²) in [6, 6.07) is 19.6. The Morgan fingerprint density at radius 2 is 1.56 bits per heavy atom. The van der Waals surface area contributed by atoms with Gasteiger partial charge in [-0.15, -0.1) is 0 Å². The van der Waals surface area contributed by atoms with E-state index in [0.29, 0.717) is 42.5 Å². The highest BCUT2D eigenvalue weighted by molar-refractivity contribution is 7.98. The van der Waals surface area contributed by atoms with Gasteiger partial charge in [0.2, 0.25) is 12.4 Å². The van der Waals surface area contributed by atoms with Crippen LogP contribution >= 0.6 is 11.8 Å². The Bertz CT molecular complexity index is 2350. The number of imidazole rings is 1. The van der Waals surface area contributed by atoms with Gasteiger partial charge >= 0.3 is 12.1 Å². The molecule has 0 spiro atoms. The highest BCUT2D eigenvalue weighted by Gasteiger charge is 2.30. The zero-order valence-corrected chi connectivity index (χ0v) is 35.5. The normalized spacial score (nSPS) is 15.0. The topological polar surface area (TPSA) is 163 Å². The molecule has 2 aromatic heterocycles. The number of hydrogen-bond donors (Lipinski definition) is 3. The van der Waals surface area contributed by atoms with Crippen LogP contribution < -0.4 is 5.56 Å². The first-order valence-corrected chi connectivity index (χ1v) is 21.6. The summed E-state index contributed by atoms with van der Waals surface area (Å²) in [5, 5.41) is 25.4. The quantitative estimate of drug-likeness (QED) is 0.0330. The van der Waals surface area contributed by atoms with Gasteiger partial charge in [0.1, 0.15) is 11.6 Å². The van der Waals surface area contributed by atoms with Crippen LogP contribution in [-0.4, -0.2) is 102 Å². The number of aromatic nitrogens is 4. The number of alkyl halides is 3. The van der Waals surface area contributed by atoms with Gasteiger partial charge < -0.3 is 34.1 Å². The molecule has 2 aliphatic rings. The lowest BCUT2D eigenvalue weighted by atomic mass is 10.0. The van der Waals surface area contributed by atoms with Crippen molar-refractivity contribution in [3.8, 4) is 11.1 Å². The van der Waals surface area contributed by atoms with Crippen molar-refractivity contribution >= 4 is 24.2 Å². The minimum absolute atomic E-state index is 0.156. The Morgan fingerprint density at radius 3 is 2.19 bits per heavy atom. The van der Waals surface area contributed by atoms with E-state index in [4.69, 9.17) is 20.3 Å². The molecule has 3 heterocycles. The monoisotopic (exact) mass is 894 g/mol. The Hall–Kier alpha value is -5.40. The third-order valence-corrected chi connectivity index (χ3v) is 12.1. The van der Waals surface area contributed by atoms with Crippen LogP contribution in [0.25, 0.3) is 11.1 Å². The second kappa shape index (κ2) is 21.8. The molecule has 1 aliphatic carbocycles. The number of piperidine rings is 1. The minimum Gasteiger partial charge on any atom is -0.479 e. The maximum Gasteiger partial charge on any atom is 0.416 e. The van der Waals surface area contributed by atoms with Crippen molar-refractivity contribution < 1.29 is 47.2 Å². The number of carbonyl (C=O) groups is 2. The van der Waals surface area contributed by atoms with Gasteiger partial charge in [-0.25, -0.2) is 14.2 Å². The lowest BCUT2D eigenvalue weighted by Crippen LogP contribution is -2.36. The van der Waals surface area contributed by atoms with Gasteiger partial charge in [-0.3, -0.25) is 14.5 Å². The maximum atomic E-state index is 13.6. The van der Waals surface area contributed by atoms with Gasteiger partial charge in [-0.1, -0.05) is 66.7 Å². The molecule has 3 aromatic carbocycles. The lowest BCUT2D eigenvalue weighted by Gasteiger charge is -2.28. The zero-order valence-electron chi connectivity index (χ0n) is 34.7. The van der Waals surface area contributed by atoms with E-state index in [1.54, 1.807) is 12.1 Å². The average Bonchev–Trinajstić information content (AvgIpc) is 3.92. The number of hydrogen-bond acceptors (Lipinski definition) is 11. The number of rotatable bonds is 17. The van der Waals surface area contributed by atoms with Gasteiger partial charge in [0.15, 0.2) is 5.16 Å². The molecule has 1 fully saturated rings. The second-order valence-corrected chi connectivity index (χ2v) is 16.5. The first kappa shape index (κ1) is 47.1. The number of fused-ring (bicyclic) bond motifs is 1. The summed E-state index contributed by atoms with van der Waals surface area (Å²) in [6.07, 6.45) is -0.322. The van der Waals surface area contributed by atoms with Crippen molar-refractivity contribution in [1.82, 2.24) is 28.9 Å². The molecule has 5 aromatic rings. The molecule has 0 saturated carbocycles. The summed E-state index contributed by atoms with van der Waals surface area (Å²) >= 11 is 1.47. The fourth-order valence-electron chi connectivity index (χ4n) is 7.57. The van der Waals surface area contributed by atoms with E-state index in [0.717, 1.165) is 90.6 Å². The Balaban J connectivity index is 0.000000590. The number of aliphatic hydroxyl groups excluding tert-OH is 2. The smallest absolute Gasteiger partial charge is 0.416 e. The summed E-state index contributed by atoms with van der Waals surface area (Å²) in [6.45, 7) is 5.79. The molecule has 336 valence electrons. The molecule has 2 atom stereocenters. The summed E-state index contributed by atoms with van der Waals surface area (Å²) in [5.74, 6) is -0.563. The molecule has 1 saturated heterocycles. The van der Waals surface area contributed by atoms with E-state index in [1.807, 2.05) is 30.5 Å². The number of nitrogens with zero attached hydrogens (tertiary/aromatic N) is 6. The molecule has 13 nitrogen and oxygen atoms in total. The minimum atomic E-state index is -4.38. The van der Waals surface area contributed by atoms with E-state index in [1.165, 1.54) is 55.3 Å². The molecule has 0 radical (unpaired) electrons. The van der Waals surface area contributed by atoms with Gasteiger partial charge in [-0.2, -0.15) is 18.2 Å². The Morgan fingerprint density at radius 1 is 0.905 bits per heavy atom. The lowest BCUT2D eigenvalue weighted by molar-refractivity contribution is -0.185. The number of carbonyl (C=O) groups excluding carboxylic acids is 1. The number of ether oxygens (including phenoxy) is 1. The number of carboxylic acid groups (broad SMARTS) is 1. The van der Waals surface area contributed by atoms with Crippen molar-refractivity contribution in [1.29, 1.82) is 0 Å². The SMILES string of the molecule is CN(CCN1CCCCC1)Cc1cnc(Cn2c(SCc3ccc(F)cc3)nc(=O)c3c2CCC3)n1Cc1ccc(-c2ccc(C(F)(F)F)cc2)cc1.O=COC(O)C(O)C(=O)O. The predicted molar refractivity (Wildman–Crippen MR) is 227 cm³/mol. The largest absolute Gasteiger partial charge is 0.479 e. The fourth-order valence-corrected chi connectivity index (χ4v) is 8.54. The third-order valence-electron chi connectivity index (χ3n) is 11.0. The number of halogens is 4. The van der Waals surface area contributed by atoms with Crippen LogP contribution in [0.15, 0.2) is 88.9 Å². The Kier molecular flexibility index (Phi) is 16.3. The third kappa shape index (κ3) is 12.8. The standard InChI is InChI=1S/C41H44F4N6OS.C4H6O6/c1-48(22-23-49-20-3-2-4-21-49)26-35-24-46-38(50(35)25-29-8-12-31(13-9-29)32-14-16-33(17-15-32)41(43,44)45)27-51-37-7-5-6-36(37)39(52)47-40(51)53-28-30-10-18-34(42)19-11-30;5-1-10-4(9)2(6)3(7)8/h8-19,24H,2-7,20-23,25-28H2,1H3;1-2,4,6,9H,(H,7,8). The maximum absolute atomic E-state index is 13.6. The average molecular weight is 895 g/mol. The molecule has 3 N–H and O–H groups in total. The van der Waals surface area contributed by atoms with Crippen molar-refractivity contribution in [2.24, 2.45) is 0 Å². The van der Waals surface area contributed by atoms with E-state index in [2.05, 4.69) is 35.7 Å². The first-order valence-electron chi connectivity index (χ1n) is 20.6. The highest BCUT2D eigenvalue weighted by Crippen LogP contribution is 2.32. The van der Waals surface area contributed by atoms with Gasteiger partial charge in [0.05, 0.1) is 17.8 Å². The van der Waals surface area contributed by atoms with E-state index in [-0.39, 0.29) is 17.8 Å². The first-order chi connectivity index (χ1) is 30.2. The van der Waals surface area contributed by atoms with E-state index in [9.17, 15) is 31.9 Å². The highest BCUT2D eigenvalue weighted by atomic mass is 32.2.